The lowest BCUT2D eigenvalue weighted by molar-refractivity contribution is 0.0923. The fourth-order valence-electron chi connectivity index (χ4n) is 3.20. The number of aromatic nitrogens is 2. The molecule has 5 heteroatoms. The summed E-state index contributed by atoms with van der Waals surface area (Å²) in [6, 6.07) is 7.88. The predicted octanol–water partition coefficient (Wildman–Crippen LogP) is 3.36. The van der Waals surface area contributed by atoms with E-state index in [0.717, 1.165) is 36.4 Å². The highest BCUT2D eigenvalue weighted by Gasteiger charge is 2.25. The highest BCUT2D eigenvalue weighted by atomic mass is 16.5. The topological polar surface area (TPSA) is 56.1 Å². The Morgan fingerprint density at radius 2 is 2.21 bits per heavy atom. The fourth-order valence-corrected chi connectivity index (χ4v) is 3.20. The molecule has 128 valence electrons. The number of benzene rings is 1. The van der Waals surface area contributed by atoms with Crippen LogP contribution in [0.25, 0.3) is 0 Å². The summed E-state index contributed by atoms with van der Waals surface area (Å²) in [4.78, 5) is 12.8. The lowest BCUT2D eigenvalue weighted by atomic mass is 10.00. The van der Waals surface area contributed by atoms with Crippen LogP contribution in [0.1, 0.15) is 54.8 Å². The number of nitrogens with zero attached hydrogens (tertiary/aromatic N) is 2. The maximum absolute atomic E-state index is 12.8. The Balaban J connectivity index is 1.80. The maximum Gasteiger partial charge on any atom is 0.255 e. The van der Waals surface area contributed by atoms with E-state index >= 15 is 0 Å². The second kappa shape index (κ2) is 7.07. The minimum atomic E-state index is -0.0523. The Kier molecular flexibility index (Phi) is 4.88. The van der Waals surface area contributed by atoms with Crippen molar-refractivity contribution in [2.75, 3.05) is 6.61 Å². The molecule has 3 rings (SSSR count). The minimum absolute atomic E-state index is 0.0133. The number of amides is 1. The van der Waals surface area contributed by atoms with Gasteiger partial charge in [0.25, 0.3) is 5.91 Å². The van der Waals surface area contributed by atoms with Crippen LogP contribution in [-0.2, 0) is 13.0 Å². The Morgan fingerprint density at radius 1 is 1.42 bits per heavy atom. The summed E-state index contributed by atoms with van der Waals surface area (Å²) in [5.74, 6) is 1.30. The molecule has 1 aliphatic heterocycles. The van der Waals surface area contributed by atoms with Crippen molar-refractivity contribution in [1.82, 2.24) is 15.1 Å². The summed E-state index contributed by atoms with van der Waals surface area (Å²) < 4.78 is 7.62. The lowest BCUT2D eigenvalue weighted by Gasteiger charge is -2.26. The summed E-state index contributed by atoms with van der Waals surface area (Å²) in [7, 11) is 0. The molecule has 0 radical (unpaired) electrons. The van der Waals surface area contributed by atoms with Gasteiger partial charge >= 0.3 is 0 Å². The molecule has 0 fully saturated rings. The molecule has 1 N–H and O–H groups in total. The van der Waals surface area contributed by atoms with Gasteiger partial charge in [0.15, 0.2) is 0 Å². The fraction of sp³-hybridized carbons (Fsp3) is 0.474. The zero-order chi connectivity index (χ0) is 17.1. The number of fused-ring (bicyclic) bond motifs is 1. The number of ether oxygens (including phenoxy) is 1. The van der Waals surface area contributed by atoms with Gasteiger partial charge in [0.05, 0.1) is 30.1 Å². The van der Waals surface area contributed by atoms with Gasteiger partial charge in [-0.2, -0.15) is 5.10 Å². The third-order valence-electron chi connectivity index (χ3n) is 4.33. The Labute approximate surface area is 143 Å². The van der Waals surface area contributed by atoms with Crippen LogP contribution in [-0.4, -0.2) is 22.3 Å². The summed E-state index contributed by atoms with van der Waals surface area (Å²) in [6.45, 7) is 7.82. The molecule has 0 saturated heterocycles. The number of para-hydroxylation sites is 1. The molecule has 0 unspecified atom stereocenters. The van der Waals surface area contributed by atoms with Crippen molar-refractivity contribution in [3.05, 3.63) is 47.3 Å². The molecule has 2 aromatic rings. The molecule has 1 aromatic carbocycles. The molecule has 1 amide bonds. The molecular formula is C19H25N3O2. The van der Waals surface area contributed by atoms with E-state index in [1.165, 1.54) is 0 Å². The van der Waals surface area contributed by atoms with E-state index in [4.69, 9.17) is 4.74 Å². The first-order chi connectivity index (χ1) is 11.6. The molecule has 0 spiro atoms. The van der Waals surface area contributed by atoms with Crippen LogP contribution in [0, 0.1) is 5.92 Å². The third-order valence-corrected chi connectivity index (χ3v) is 4.33. The van der Waals surface area contributed by atoms with Crippen LogP contribution in [0.5, 0.6) is 5.75 Å². The molecule has 0 saturated carbocycles. The van der Waals surface area contributed by atoms with Crippen LogP contribution >= 0.6 is 0 Å². The van der Waals surface area contributed by atoms with Crippen LogP contribution < -0.4 is 10.1 Å². The van der Waals surface area contributed by atoms with Crippen molar-refractivity contribution in [2.24, 2.45) is 5.92 Å². The Morgan fingerprint density at radius 3 is 2.96 bits per heavy atom. The first kappa shape index (κ1) is 16.6. The van der Waals surface area contributed by atoms with Crippen LogP contribution in [0.2, 0.25) is 0 Å². The maximum atomic E-state index is 12.8. The molecular weight excluding hydrogens is 302 g/mol. The lowest BCUT2D eigenvalue weighted by Crippen LogP contribution is -2.32. The molecule has 0 bridgehead atoms. The van der Waals surface area contributed by atoms with Crippen molar-refractivity contribution in [3.63, 3.8) is 0 Å². The molecule has 24 heavy (non-hydrogen) atoms. The molecule has 5 nitrogen and oxygen atoms in total. The van der Waals surface area contributed by atoms with Gasteiger partial charge in [-0.05, 0) is 18.4 Å². The zero-order valence-electron chi connectivity index (χ0n) is 14.6. The van der Waals surface area contributed by atoms with Crippen LogP contribution in [0.3, 0.4) is 0 Å². The quantitative estimate of drug-likeness (QED) is 0.916. The van der Waals surface area contributed by atoms with Crippen molar-refractivity contribution in [1.29, 1.82) is 0 Å². The highest BCUT2D eigenvalue weighted by molar-refractivity contribution is 5.95. The van der Waals surface area contributed by atoms with E-state index in [0.29, 0.717) is 18.1 Å². The van der Waals surface area contributed by atoms with E-state index in [1.807, 2.05) is 28.9 Å². The standard InChI is InChI=1S/C19H25N3O2/c1-4-17-15(11-20-22(17)12-13(2)3)19(23)21-16-9-10-24-18-8-6-5-7-14(16)18/h5-8,11,13,16H,4,9-10,12H2,1-3H3,(H,21,23)/t16-/m0/s1. The molecule has 2 heterocycles. The van der Waals surface area contributed by atoms with Crippen molar-refractivity contribution < 1.29 is 9.53 Å². The zero-order valence-corrected chi connectivity index (χ0v) is 14.6. The number of hydrogen-bond donors (Lipinski definition) is 1. The van der Waals surface area contributed by atoms with E-state index in [2.05, 4.69) is 31.2 Å². The highest BCUT2D eigenvalue weighted by Crippen LogP contribution is 2.31. The average Bonchev–Trinajstić information content (AvgIpc) is 2.97. The number of hydrogen-bond acceptors (Lipinski definition) is 3. The van der Waals surface area contributed by atoms with Gasteiger partial charge in [0.2, 0.25) is 0 Å². The Bertz CT molecular complexity index is 721. The molecule has 0 aliphatic carbocycles. The number of carbonyl (C=O) groups excluding carboxylic acids is 1. The first-order valence-electron chi connectivity index (χ1n) is 8.67. The third kappa shape index (κ3) is 3.30. The smallest absolute Gasteiger partial charge is 0.255 e. The number of rotatable bonds is 5. The summed E-state index contributed by atoms with van der Waals surface area (Å²) in [5, 5.41) is 7.58. The van der Waals surface area contributed by atoms with Crippen molar-refractivity contribution in [3.8, 4) is 5.75 Å². The number of carbonyl (C=O) groups is 1. The van der Waals surface area contributed by atoms with Crippen LogP contribution in [0.4, 0.5) is 0 Å². The normalized spacial score (nSPS) is 16.6. The van der Waals surface area contributed by atoms with Gasteiger partial charge in [-0.15, -0.1) is 0 Å². The molecule has 1 aliphatic rings. The Hall–Kier alpha value is -2.30. The number of nitrogens with one attached hydrogen (secondary N) is 1. The van der Waals surface area contributed by atoms with E-state index in [-0.39, 0.29) is 11.9 Å². The largest absolute Gasteiger partial charge is 0.493 e. The van der Waals surface area contributed by atoms with Crippen molar-refractivity contribution in [2.45, 2.75) is 46.2 Å². The predicted molar refractivity (Wildman–Crippen MR) is 93.2 cm³/mol. The monoisotopic (exact) mass is 327 g/mol. The van der Waals surface area contributed by atoms with Crippen LogP contribution in [0.15, 0.2) is 30.5 Å². The first-order valence-corrected chi connectivity index (χ1v) is 8.67. The van der Waals surface area contributed by atoms with Gasteiger partial charge in [-0.25, -0.2) is 0 Å². The summed E-state index contributed by atoms with van der Waals surface area (Å²) >= 11 is 0. The van der Waals surface area contributed by atoms with E-state index in [9.17, 15) is 4.79 Å². The second-order valence-corrected chi connectivity index (χ2v) is 6.64. The van der Waals surface area contributed by atoms with Gasteiger partial charge < -0.3 is 10.1 Å². The van der Waals surface area contributed by atoms with Gasteiger partial charge in [0.1, 0.15) is 5.75 Å². The molecule has 1 aromatic heterocycles. The van der Waals surface area contributed by atoms with Gasteiger partial charge in [-0.3, -0.25) is 9.48 Å². The summed E-state index contributed by atoms with van der Waals surface area (Å²) in [5.41, 5.74) is 2.73. The van der Waals surface area contributed by atoms with Gasteiger partial charge in [0, 0.05) is 18.5 Å². The van der Waals surface area contributed by atoms with E-state index in [1.54, 1.807) is 6.20 Å². The van der Waals surface area contributed by atoms with E-state index < -0.39 is 0 Å². The molecule has 1 atom stereocenters. The van der Waals surface area contributed by atoms with Crippen molar-refractivity contribution >= 4 is 5.91 Å². The minimum Gasteiger partial charge on any atom is -0.493 e. The average molecular weight is 327 g/mol. The summed E-state index contributed by atoms with van der Waals surface area (Å²) in [6.07, 6.45) is 3.27. The van der Waals surface area contributed by atoms with Gasteiger partial charge in [-0.1, -0.05) is 39.0 Å². The SMILES string of the molecule is CCc1c(C(=O)N[C@H]2CCOc3ccccc32)cnn1CC(C)C. The second-order valence-electron chi connectivity index (χ2n) is 6.64.